The number of fused-ring (bicyclic) bond motifs is 2. The van der Waals surface area contributed by atoms with Crippen molar-refractivity contribution < 1.29 is 14.3 Å². The van der Waals surface area contributed by atoms with Gasteiger partial charge in [0, 0.05) is 25.3 Å². The van der Waals surface area contributed by atoms with Gasteiger partial charge in [-0.15, -0.1) is 0 Å². The highest BCUT2D eigenvalue weighted by molar-refractivity contribution is 6.07. The van der Waals surface area contributed by atoms with Crippen molar-refractivity contribution in [3.8, 4) is 5.75 Å². The van der Waals surface area contributed by atoms with E-state index in [0.717, 1.165) is 23.4 Å². The van der Waals surface area contributed by atoms with Crippen LogP contribution in [0.5, 0.6) is 5.75 Å². The zero-order valence-corrected chi connectivity index (χ0v) is 12.9. The number of nitrogens with one attached hydrogen (secondary N) is 2. The van der Waals surface area contributed by atoms with Crippen LogP contribution in [0.1, 0.15) is 25.3 Å². The number of urea groups is 1. The molecule has 2 heterocycles. The lowest BCUT2D eigenvalue weighted by Gasteiger charge is -2.23. The molecule has 1 atom stereocenters. The van der Waals surface area contributed by atoms with Crippen LogP contribution in [0.25, 0.3) is 0 Å². The second-order valence-electron chi connectivity index (χ2n) is 5.85. The summed E-state index contributed by atoms with van der Waals surface area (Å²) >= 11 is 0. The number of ether oxygens (including phenoxy) is 1. The fourth-order valence-electron chi connectivity index (χ4n) is 3.25. The van der Waals surface area contributed by atoms with Crippen LogP contribution in [-0.4, -0.2) is 43.6 Å². The number of anilines is 1. The fraction of sp³-hybridized carbons (Fsp3) is 0.500. The molecule has 1 fully saturated rings. The lowest BCUT2D eigenvalue weighted by Crippen LogP contribution is -2.43. The number of nitrogens with zero attached hydrogens (tertiary/aromatic N) is 1. The molecule has 6 heteroatoms. The molecular weight excluding hydrogens is 282 g/mol. The van der Waals surface area contributed by atoms with E-state index >= 15 is 0 Å². The molecule has 0 saturated carbocycles. The number of amides is 3. The van der Waals surface area contributed by atoms with Gasteiger partial charge >= 0.3 is 6.03 Å². The van der Waals surface area contributed by atoms with E-state index in [0.29, 0.717) is 26.1 Å². The van der Waals surface area contributed by atoms with Gasteiger partial charge in [0.05, 0.1) is 12.5 Å². The first kappa shape index (κ1) is 14.7. The lowest BCUT2D eigenvalue weighted by molar-refractivity contribution is -0.120. The third-order valence-electron chi connectivity index (χ3n) is 4.51. The normalized spacial score (nSPS) is 22.6. The van der Waals surface area contributed by atoms with Crippen LogP contribution in [0.4, 0.5) is 10.5 Å². The molecule has 1 aromatic rings. The van der Waals surface area contributed by atoms with Crippen molar-refractivity contribution in [3.63, 3.8) is 0 Å². The molecule has 1 aromatic carbocycles. The number of likely N-dealkylation sites (tertiary alicyclic amines) is 1. The topological polar surface area (TPSA) is 70.7 Å². The van der Waals surface area contributed by atoms with Crippen LogP contribution in [0.15, 0.2) is 18.2 Å². The Bertz CT molecular complexity index is 617. The van der Waals surface area contributed by atoms with E-state index < -0.39 is 5.41 Å². The van der Waals surface area contributed by atoms with Crippen molar-refractivity contribution in [2.45, 2.75) is 25.2 Å². The van der Waals surface area contributed by atoms with E-state index in [1.807, 2.05) is 25.1 Å². The molecular formula is C16H21N3O3. The molecule has 3 rings (SSSR count). The molecule has 118 valence electrons. The van der Waals surface area contributed by atoms with Crippen LogP contribution in [0.3, 0.4) is 0 Å². The molecule has 0 aliphatic carbocycles. The van der Waals surface area contributed by atoms with Gasteiger partial charge in [-0.05, 0) is 36.6 Å². The predicted molar refractivity (Wildman–Crippen MR) is 83.2 cm³/mol. The maximum atomic E-state index is 12.5. The Balaban J connectivity index is 1.86. The summed E-state index contributed by atoms with van der Waals surface area (Å²) in [4.78, 5) is 26.4. The van der Waals surface area contributed by atoms with Crippen molar-refractivity contribution in [1.82, 2.24) is 10.2 Å². The zero-order valence-electron chi connectivity index (χ0n) is 12.9. The minimum Gasteiger partial charge on any atom is -0.497 e. The van der Waals surface area contributed by atoms with Gasteiger partial charge in [-0.25, -0.2) is 4.79 Å². The van der Waals surface area contributed by atoms with Crippen LogP contribution in [0, 0.1) is 0 Å². The van der Waals surface area contributed by atoms with Crippen LogP contribution >= 0.6 is 0 Å². The summed E-state index contributed by atoms with van der Waals surface area (Å²) in [6.45, 7) is 3.66. The second kappa shape index (κ2) is 5.51. The Morgan fingerprint density at radius 3 is 3.05 bits per heavy atom. The predicted octanol–water partition coefficient (Wildman–Crippen LogP) is 1.71. The summed E-state index contributed by atoms with van der Waals surface area (Å²) in [5, 5.41) is 5.80. The van der Waals surface area contributed by atoms with E-state index in [1.54, 1.807) is 12.0 Å². The van der Waals surface area contributed by atoms with Crippen LogP contribution in [0.2, 0.25) is 0 Å². The third kappa shape index (κ3) is 2.19. The molecule has 1 spiro atoms. The van der Waals surface area contributed by atoms with Gasteiger partial charge in [-0.3, -0.25) is 4.79 Å². The molecule has 6 nitrogen and oxygen atoms in total. The van der Waals surface area contributed by atoms with E-state index in [9.17, 15) is 9.59 Å². The number of hydrogen-bond donors (Lipinski definition) is 2. The molecule has 0 bridgehead atoms. The molecule has 0 radical (unpaired) electrons. The van der Waals surface area contributed by atoms with Crippen molar-refractivity contribution >= 4 is 17.6 Å². The quantitative estimate of drug-likeness (QED) is 0.893. The van der Waals surface area contributed by atoms with Crippen LogP contribution in [-0.2, 0) is 10.2 Å². The molecule has 0 aromatic heterocycles. The second-order valence-corrected chi connectivity index (χ2v) is 5.85. The van der Waals surface area contributed by atoms with Gasteiger partial charge in [0.2, 0.25) is 5.91 Å². The Labute approximate surface area is 129 Å². The summed E-state index contributed by atoms with van der Waals surface area (Å²) in [6.07, 6.45) is 1.53. The Morgan fingerprint density at radius 2 is 2.32 bits per heavy atom. The van der Waals surface area contributed by atoms with E-state index in [4.69, 9.17) is 4.74 Å². The molecule has 22 heavy (non-hydrogen) atoms. The minimum absolute atomic E-state index is 0.0263. The lowest BCUT2D eigenvalue weighted by atomic mass is 9.81. The van der Waals surface area contributed by atoms with E-state index in [-0.39, 0.29) is 11.9 Å². The SMILES string of the molecule is CCCNC(=O)N1CCC2(C1)C(=O)Nc1ccc(OC)cc12. The molecule has 3 amide bonds. The summed E-state index contributed by atoms with van der Waals surface area (Å²) in [5.41, 5.74) is 1.11. The molecule has 1 unspecified atom stereocenters. The highest BCUT2D eigenvalue weighted by atomic mass is 16.5. The number of carbonyl (C=O) groups excluding carboxylic acids is 2. The van der Waals surface area contributed by atoms with Gasteiger partial charge in [-0.1, -0.05) is 6.92 Å². The number of carbonyl (C=O) groups is 2. The van der Waals surface area contributed by atoms with Gasteiger partial charge in [0.15, 0.2) is 0 Å². The number of benzene rings is 1. The van der Waals surface area contributed by atoms with Crippen molar-refractivity contribution in [1.29, 1.82) is 0 Å². The maximum Gasteiger partial charge on any atom is 0.317 e. The van der Waals surface area contributed by atoms with Crippen LogP contribution < -0.4 is 15.4 Å². The van der Waals surface area contributed by atoms with Gasteiger partial charge in [-0.2, -0.15) is 0 Å². The van der Waals surface area contributed by atoms with Gasteiger partial charge < -0.3 is 20.3 Å². The fourth-order valence-corrected chi connectivity index (χ4v) is 3.25. The average molecular weight is 303 g/mol. The summed E-state index contributed by atoms with van der Waals surface area (Å²) in [7, 11) is 1.61. The van der Waals surface area contributed by atoms with Crippen molar-refractivity contribution in [3.05, 3.63) is 23.8 Å². The first-order valence-electron chi connectivity index (χ1n) is 7.63. The number of hydrogen-bond acceptors (Lipinski definition) is 3. The Hall–Kier alpha value is -2.24. The van der Waals surface area contributed by atoms with E-state index in [2.05, 4.69) is 10.6 Å². The molecule has 1 saturated heterocycles. The number of rotatable bonds is 3. The molecule has 2 N–H and O–H groups in total. The Kier molecular flexibility index (Phi) is 3.68. The van der Waals surface area contributed by atoms with E-state index in [1.165, 1.54) is 0 Å². The standard InChI is InChI=1S/C16H21N3O3/c1-3-7-17-15(21)19-8-6-16(10-19)12-9-11(22-2)4-5-13(12)18-14(16)20/h4-5,9H,3,6-8,10H2,1-2H3,(H,17,21)(H,18,20). The average Bonchev–Trinajstić information content (AvgIpc) is 3.09. The molecule has 2 aliphatic heterocycles. The first-order valence-corrected chi connectivity index (χ1v) is 7.63. The maximum absolute atomic E-state index is 12.5. The summed E-state index contributed by atoms with van der Waals surface area (Å²) < 4.78 is 5.27. The highest BCUT2D eigenvalue weighted by Gasteiger charge is 2.52. The van der Waals surface area contributed by atoms with Crippen molar-refractivity contribution in [2.75, 3.05) is 32.1 Å². The summed E-state index contributed by atoms with van der Waals surface area (Å²) in [5.74, 6) is 0.699. The molecule has 2 aliphatic rings. The minimum atomic E-state index is -0.645. The smallest absolute Gasteiger partial charge is 0.317 e. The van der Waals surface area contributed by atoms with Gasteiger partial charge in [0.25, 0.3) is 0 Å². The van der Waals surface area contributed by atoms with Crippen molar-refractivity contribution in [2.24, 2.45) is 0 Å². The van der Waals surface area contributed by atoms with Gasteiger partial charge in [0.1, 0.15) is 5.75 Å². The number of methoxy groups -OCH3 is 1. The highest BCUT2D eigenvalue weighted by Crippen LogP contribution is 2.45. The largest absolute Gasteiger partial charge is 0.497 e. The summed E-state index contributed by atoms with van der Waals surface area (Å²) in [6, 6.07) is 5.50. The monoisotopic (exact) mass is 303 g/mol. The third-order valence-corrected chi connectivity index (χ3v) is 4.51. The Morgan fingerprint density at radius 1 is 1.50 bits per heavy atom. The zero-order chi connectivity index (χ0) is 15.7. The first-order chi connectivity index (χ1) is 10.6.